The first-order valence-corrected chi connectivity index (χ1v) is 16.4. The number of carbonyl (C=O) groups is 1. The van der Waals surface area contributed by atoms with Crippen molar-refractivity contribution in [3.63, 3.8) is 0 Å². The van der Waals surface area contributed by atoms with E-state index in [1.165, 1.54) is 0 Å². The molecule has 0 unspecified atom stereocenters. The van der Waals surface area contributed by atoms with Gasteiger partial charge in [-0.3, -0.25) is 0 Å². The minimum Gasteiger partial charge on any atom is -0.497 e. The Labute approximate surface area is 267 Å². The zero-order chi connectivity index (χ0) is 32.0. The van der Waals surface area contributed by atoms with Gasteiger partial charge in [0, 0.05) is 43.1 Å². The van der Waals surface area contributed by atoms with E-state index in [2.05, 4.69) is 40.3 Å². The molecular weight excluding hydrogens is 566 g/mol. The Kier molecular flexibility index (Phi) is 10.4. The summed E-state index contributed by atoms with van der Waals surface area (Å²) in [6.07, 6.45) is 7.24. The number of fused-ring (bicyclic) bond motifs is 3. The van der Waals surface area contributed by atoms with E-state index in [4.69, 9.17) is 24.2 Å². The second kappa shape index (κ2) is 14.4. The number of ether oxygens (including phenoxy) is 3. The number of aryl methyl sites for hydroxylation is 1. The molecule has 0 bridgehead atoms. The van der Waals surface area contributed by atoms with Crippen molar-refractivity contribution in [2.45, 2.75) is 91.3 Å². The molecule has 2 aromatic carbocycles. The normalized spacial score (nSPS) is 16.9. The molecular formula is C36H49N5O4. The number of pyridine rings is 1. The van der Waals surface area contributed by atoms with Crippen molar-refractivity contribution in [1.29, 1.82) is 0 Å². The number of hydrogen-bond donors (Lipinski definition) is 2. The van der Waals surface area contributed by atoms with E-state index in [1.54, 1.807) is 14.2 Å². The number of benzene rings is 2. The lowest BCUT2D eigenvalue weighted by Gasteiger charge is -2.30. The SMILES string of the molecule is CCCCc1nc2c(NCc3ccc(OC)cc3OC)nc3ccccc3c2n1CC1CCC(CNC(=O)OC(C)(C)C)CC1. The van der Waals surface area contributed by atoms with Crippen LogP contribution in [0.2, 0.25) is 0 Å². The van der Waals surface area contributed by atoms with E-state index in [9.17, 15) is 4.79 Å². The maximum atomic E-state index is 12.2. The average molecular weight is 616 g/mol. The van der Waals surface area contributed by atoms with Crippen molar-refractivity contribution in [3.8, 4) is 11.5 Å². The van der Waals surface area contributed by atoms with Gasteiger partial charge in [0.25, 0.3) is 0 Å². The van der Waals surface area contributed by atoms with Crippen LogP contribution in [0.5, 0.6) is 11.5 Å². The third kappa shape index (κ3) is 7.99. The Balaban J connectivity index is 1.39. The van der Waals surface area contributed by atoms with Crippen LogP contribution in [0.3, 0.4) is 0 Å². The minimum atomic E-state index is -0.484. The third-order valence-electron chi connectivity index (χ3n) is 8.70. The fourth-order valence-electron chi connectivity index (χ4n) is 6.32. The quantitative estimate of drug-likeness (QED) is 0.167. The Morgan fingerprint density at radius 1 is 1.00 bits per heavy atom. The van der Waals surface area contributed by atoms with E-state index < -0.39 is 5.60 Å². The maximum Gasteiger partial charge on any atom is 0.407 e. The molecule has 0 aliphatic heterocycles. The molecule has 1 amide bonds. The fraction of sp³-hybridized carbons (Fsp3) is 0.528. The first-order chi connectivity index (χ1) is 21.7. The molecule has 0 radical (unpaired) electrons. The molecule has 2 N–H and O–H groups in total. The van der Waals surface area contributed by atoms with Crippen LogP contribution in [0.1, 0.15) is 77.6 Å². The molecule has 1 aliphatic rings. The van der Waals surface area contributed by atoms with Gasteiger partial charge in [0.05, 0.1) is 25.3 Å². The standard InChI is InChI=1S/C36H49N5O4/c1-7-8-13-31-40-32-33(41(31)23-25-16-14-24(15-17-25)21-38-35(42)45-36(2,3)4)28-11-9-10-12-29(28)39-34(32)37-22-26-18-19-27(43-5)20-30(26)44-6/h9-12,18-20,24-25H,7-8,13-17,21-23H2,1-6H3,(H,37,39)(H,38,42). The van der Waals surface area contributed by atoms with Crippen molar-refractivity contribution in [2.24, 2.45) is 11.8 Å². The summed E-state index contributed by atoms with van der Waals surface area (Å²) < 4.78 is 19.0. The lowest BCUT2D eigenvalue weighted by Crippen LogP contribution is -2.36. The van der Waals surface area contributed by atoms with Gasteiger partial charge in [-0.25, -0.2) is 14.8 Å². The first kappa shape index (κ1) is 32.4. The van der Waals surface area contributed by atoms with E-state index in [0.29, 0.717) is 24.9 Å². The zero-order valence-corrected chi connectivity index (χ0v) is 27.7. The first-order valence-electron chi connectivity index (χ1n) is 16.4. The molecule has 5 rings (SSSR count). The number of nitrogens with zero attached hydrogens (tertiary/aromatic N) is 3. The largest absolute Gasteiger partial charge is 0.497 e. The van der Waals surface area contributed by atoms with Gasteiger partial charge in [-0.15, -0.1) is 0 Å². The molecule has 2 heterocycles. The Morgan fingerprint density at radius 3 is 2.47 bits per heavy atom. The summed E-state index contributed by atoms with van der Waals surface area (Å²) in [4.78, 5) is 22.5. The second-order valence-corrected chi connectivity index (χ2v) is 13.2. The van der Waals surface area contributed by atoms with Gasteiger partial charge in [-0.05, 0) is 82.9 Å². The predicted octanol–water partition coefficient (Wildman–Crippen LogP) is 7.89. The second-order valence-electron chi connectivity index (χ2n) is 13.2. The van der Waals surface area contributed by atoms with Crippen LogP contribution in [-0.4, -0.2) is 47.0 Å². The number of aromatic nitrogens is 3. The molecule has 0 atom stereocenters. The molecule has 1 aliphatic carbocycles. The van der Waals surface area contributed by atoms with E-state index in [1.807, 2.05) is 45.0 Å². The monoisotopic (exact) mass is 615 g/mol. The van der Waals surface area contributed by atoms with E-state index in [0.717, 1.165) is 102 Å². The van der Waals surface area contributed by atoms with Crippen LogP contribution < -0.4 is 20.1 Å². The van der Waals surface area contributed by atoms with Crippen LogP contribution in [0.4, 0.5) is 10.6 Å². The van der Waals surface area contributed by atoms with Crippen molar-refractivity contribution in [2.75, 3.05) is 26.1 Å². The number of unbranched alkanes of at least 4 members (excludes halogenated alkanes) is 1. The molecule has 9 heteroatoms. The van der Waals surface area contributed by atoms with Crippen LogP contribution in [-0.2, 0) is 24.2 Å². The summed E-state index contributed by atoms with van der Waals surface area (Å²) in [6, 6.07) is 14.3. The Hall–Kier alpha value is -4.01. The number of imidazole rings is 1. The highest BCUT2D eigenvalue weighted by molar-refractivity contribution is 6.07. The number of methoxy groups -OCH3 is 2. The van der Waals surface area contributed by atoms with Crippen molar-refractivity contribution in [3.05, 3.63) is 53.9 Å². The van der Waals surface area contributed by atoms with Gasteiger partial charge >= 0.3 is 6.09 Å². The van der Waals surface area contributed by atoms with Crippen LogP contribution in [0.15, 0.2) is 42.5 Å². The highest BCUT2D eigenvalue weighted by atomic mass is 16.6. The highest BCUT2D eigenvalue weighted by Gasteiger charge is 2.26. The summed E-state index contributed by atoms with van der Waals surface area (Å²) in [6.45, 7) is 10.1. The molecule has 1 saturated carbocycles. The highest BCUT2D eigenvalue weighted by Crippen LogP contribution is 2.35. The van der Waals surface area contributed by atoms with Gasteiger partial charge in [0.2, 0.25) is 0 Å². The smallest absolute Gasteiger partial charge is 0.407 e. The Bertz CT molecular complexity index is 1600. The summed E-state index contributed by atoms with van der Waals surface area (Å²) in [5.74, 6) is 4.47. The number of rotatable bonds is 12. The van der Waals surface area contributed by atoms with Crippen molar-refractivity contribution in [1.82, 2.24) is 19.9 Å². The number of anilines is 1. The van der Waals surface area contributed by atoms with Crippen LogP contribution in [0, 0.1) is 11.8 Å². The molecule has 242 valence electrons. The molecule has 4 aromatic rings. The number of amides is 1. The van der Waals surface area contributed by atoms with Crippen LogP contribution in [0.25, 0.3) is 21.9 Å². The predicted molar refractivity (Wildman–Crippen MR) is 180 cm³/mol. The summed E-state index contributed by atoms with van der Waals surface area (Å²) in [7, 11) is 3.34. The molecule has 45 heavy (non-hydrogen) atoms. The summed E-state index contributed by atoms with van der Waals surface area (Å²) >= 11 is 0. The van der Waals surface area contributed by atoms with Gasteiger partial charge in [-0.1, -0.05) is 31.5 Å². The van der Waals surface area contributed by atoms with E-state index in [-0.39, 0.29) is 6.09 Å². The van der Waals surface area contributed by atoms with E-state index >= 15 is 0 Å². The lowest BCUT2D eigenvalue weighted by molar-refractivity contribution is 0.0513. The summed E-state index contributed by atoms with van der Waals surface area (Å²) in [5, 5.41) is 7.71. The number of alkyl carbamates (subject to hydrolysis) is 1. The topological polar surface area (TPSA) is 99.5 Å². The maximum absolute atomic E-state index is 12.2. The zero-order valence-electron chi connectivity index (χ0n) is 27.7. The number of hydrogen-bond acceptors (Lipinski definition) is 7. The molecule has 2 aromatic heterocycles. The molecule has 0 spiro atoms. The number of nitrogens with one attached hydrogen (secondary N) is 2. The van der Waals surface area contributed by atoms with Gasteiger partial charge < -0.3 is 29.4 Å². The number of carbonyl (C=O) groups excluding carboxylic acids is 1. The van der Waals surface area contributed by atoms with Gasteiger partial charge in [0.1, 0.15) is 28.4 Å². The third-order valence-corrected chi connectivity index (χ3v) is 8.70. The van der Waals surface area contributed by atoms with Gasteiger partial charge in [0.15, 0.2) is 5.82 Å². The number of para-hydroxylation sites is 1. The lowest BCUT2D eigenvalue weighted by atomic mass is 9.82. The minimum absolute atomic E-state index is 0.328. The fourth-order valence-corrected chi connectivity index (χ4v) is 6.32. The van der Waals surface area contributed by atoms with Crippen LogP contribution >= 0.6 is 0 Å². The van der Waals surface area contributed by atoms with Gasteiger partial charge in [-0.2, -0.15) is 0 Å². The molecule has 1 fully saturated rings. The summed E-state index contributed by atoms with van der Waals surface area (Å²) in [5.41, 5.74) is 3.56. The molecule has 0 saturated heterocycles. The van der Waals surface area contributed by atoms with Crippen molar-refractivity contribution >= 4 is 33.8 Å². The van der Waals surface area contributed by atoms with Crippen molar-refractivity contribution < 1.29 is 19.0 Å². The average Bonchev–Trinajstić information content (AvgIpc) is 3.39. The Morgan fingerprint density at radius 2 is 1.76 bits per heavy atom. The molecule has 9 nitrogen and oxygen atoms in total.